The number of aromatic amines is 1. The van der Waals surface area contributed by atoms with Crippen LogP contribution in [0, 0.1) is 23.0 Å². The third-order valence-corrected chi connectivity index (χ3v) is 6.97. The molecule has 3 aromatic heterocycles. The quantitative estimate of drug-likeness (QED) is 0.390. The molecule has 0 saturated carbocycles. The number of fused-ring (bicyclic) bond motifs is 2. The lowest BCUT2D eigenvalue weighted by Gasteiger charge is -2.31. The van der Waals surface area contributed by atoms with Crippen LogP contribution in [0.2, 0.25) is 0 Å². The van der Waals surface area contributed by atoms with Gasteiger partial charge in [0.25, 0.3) is 0 Å². The molecule has 1 aliphatic heterocycles. The lowest BCUT2D eigenvalue weighted by molar-refractivity contribution is 0.147. The number of likely N-dealkylation sites (N-methyl/N-ethyl adjacent to an activating group) is 1. The molecular formula is C28H24F2N6. The Kier molecular flexibility index (Phi) is 5.52. The summed E-state index contributed by atoms with van der Waals surface area (Å²) in [6.45, 7) is 4.53. The Morgan fingerprint density at radius 1 is 1.00 bits per heavy atom. The van der Waals surface area contributed by atoms with E-state index in [4.69, 9.17) is 4.98 Å². The van der Waals surface area contributed by atoms with Crippen molar-refractivity contribution in [2.75, 3.05) is 33.2 Å². The first kappa shape index (κ1) is 22.4. The van der Waals surface area contributed by atoms with Crippen molar-refractivity contribution in [2.45, 2.75) is 6.54 Å². The SMILES string of the molecule is CN1CCN(Cc2cn3c(-c4c[nH]c5ccccc45)cc(-c4ccc(F)cc4F)c(C#N)c3n2)CC1. The average Bonchev–Trinajstić information content (AvgIpc) is 3.49. The van der Waals surface area contributed by atoms with E-state index in [1.54, 1.807) is 6.07 Å². The van der Waals surface area contributed by atoms with Crippen LogP contribution < -0.4 is 0 Å². The summed E-state index contributed by atoms with van der Waals surface area (Å²) in [6.07, 6.45) is 3.88. The number of aromatic nitrogens is 3. The second-order valence-electron chi connectivity index (χ2n) is 9.31. The highest BCUT2D eigenvalue weighted by molar-refractivity contribution is 5.96. The van der Waals surface area contributed by atoms with Gasteiger partial charge in [0.2, 0.25) is 0 Å². The van der Waals surface area contributed by atoms with Crippen LogP contribution in [0.25, 0.3) is 38.9 Å². The number of halogens is 2. The fourth-order valence-electron chi connectivity index (χ4n) is 5.02. The normalized spacial score (nSPS) is 15.1. The van der Waals surface area contributed by atoms with E-state index < -0.39 is 11.6 Å². The molecule has 1 aliphatic rings. The molecule has 1 N–H and O–H groups in total. The lowest BCUT2D eigenvalue weighted by Crippen LogP contribution is -2.43. The van der Waals surface area contributed by atoms with Crippen LogP contribution in [0.3, 0.4) is 0 Å². The Morgan fingerprint density at radius 3 is 2.58 bits per heavy atom. The van der Waals surface area contributed by atoms with Crippen molar-refractivity contribution in [1.29, 1.82) is 5.26 Å². The minimum atomic E-state index is -0.718. The largest absolute Gasteiger partial charge is 0.360 e. The summed E-state index contributed by atoms with van der Waals surface area (Å²) in [5.41, 5.74) is 4.77. The van der Waals surface area contributed by atoms with Crippen LogP contribution in [-0.4, -0.2) is 57.4 Å². The molecule has 36 heavy (non-hydrogen) atoms. The summed E-state index contributed by atoms with van der Waals surface area (Å²) in [7, 11) is 2.12. The smallest absolute Gasteiger partial charge is 0.156 e. The number of nitrogens with one attached hydrogen (secondary N) is 1. The van der Waals surface area contributed by atoms with Gasteiger partial charge in [-0.3, -0.25) is 9.30 Å². The number of pyridine rings is 1. The standard InChI is InChI=1S/C28H24F2N6/c1-34-8-10-35(11-9-34)16-19-17-36-27(24-15-32-26-5-3-2-4-21(24)26)13-22(23(14-31)28(36)33-19)20-7-6-18(29)12-25(20)30/h2-7,12-13,15,17,32H,8-11,16H2,1H3. The molecule has 4 heterocycles. The van der Waals surface area contributed by atoms with E-state index in [0.717, 1.165) is 60.1 Å². The molecule has 0 atom stereocenters. The first-order chi connectivity index (χ1) is 17.5. The maximum atomic E-state index is 14.9. The summed E-state index contributed by atoms with van der Waals surface area (Å²) in [5.74, 6) is -1.38. The molecule has 0 bridgehead atoms. The molecule has 0 amide bonds. The molecule has 0 radical (unpaired) electrons. The van der Waals surface area contributed by atoms with Gasteiger partial charge in [-0.25, -0.2) is 13.8 Å². The van der Waals surface area contributed by atoms with Gasteiger partial charge in [-0.1, -0.05) is 18.2 Å². The Balaban J connectivity index is 1.58. The maximum absolute atomic E-state index is 14.9. The van der Waals surface area contributed by atoms with E-state index >= 15 is 0 Å². The van der Waals surface area contributed by atoms with E-state index in [0.29, 0.717) is 17.8 Å². The van der Waals surface area contributed by atoms with Gasteiger partial charge in [0, 0.05) is 78.8 Å². The van der Waals surface area contributed by atoms with Gasteiger partial charge in [0.05, 0.1) is 11.4 Å². The fraction of sp³-hybridized carbons (Fsp3) is 0.214. The monoisotopic (exact) mass is 482 g/mol. The molecule has 0 unspecified atom stereocenters. The molecule has 6 nitrogen and oxygen atoms in total. The first-order valence-electron chi connectivity index (χ1n) is 11.9. The zero-order chi connectivity index (χ0) is 24.8. The molecule has 6 rings (SSSR count). The molecule has 1 fully saturated rings. The van der Waals surface area contributed by atoms with Crippen LogP contribution in [0.4, 0.5) is 8.78 Å². The number of hydrogen-bond acceptors (Lipinski definition) is 4. The van der Waals surface area contributed by atoms with Crippen molar-refractivity contribution in [3.05, 3.63) is 83.8 Å². The average molecular weight is 483 g/mol. The topological polar surface area (TPSA) is 63.4 Å². The number of hydrogen-bond donors (Lipinski definition) is 1. The van der Waals surface area contributed by atoms with Crippen LogP contribution in [-0.2, 0) is 6.54 Å². The van der Waals surface area contributed by atoms with E-state index in [-0.39, 0.29) is 11.1 Å². The molecule has 8 heteroatoms. The van der Waals surface area contributed by atoms with E-state index in [9.17, 15) is 14.0 Å². The van der Waals surface area contributed by atoms with E-state index in [1.165, 1.54) is 12.1 Å². The van der Waals surface area contributed by atoms with Gasteiger partial charge in [-0.05, 0) is 31.3 Å². The Labute approximate surface area is 207 Å². The Morgan fingerprint density at radius 2 is 1.81 bits per heavy atom. The highest BCUT2D eigenvalue weighted by Gasteiger charge is 2.22. The summed E-state index contributed by atoms with van der Waals surface area (Å²) in [4.78, 5) is 12.8. The summed E-state index contributed by atoms with van der Waals surface area (Å²) < 4.78 is 30.5. The minimum Gasteiger partial charge on any atom is -0.360 e. The Hall–Kier alpha value is -4.06. The van der Waals surface area contributed by atoms with Crippen molar-refractivity contribution in [3.8, 4) is 28.5 Å². The van der Waals surface area contributed by atoms with Crippen LogP contribution >= 0.6 is 0 Å². The lowest BCUT2D eigenvalue weighted by atomic mass is 9.98. The number of benzene rings is 2. The van der Waals surface area contributed by atoms with Crippen molar-refractivity contribution < 1.29 is 8.78 Å². The summed E-state index contributed by atoms with van der Waals surface area (Å²) >= 11 is 0. The molecule has 2 aromatic carbocycles. The number of piperazine rings is 1. The van der Waals surface area contributed by atoms with Gasteiger partial charge >= 0.3 is 0 Å². The van der Waals surface area contributed by atoms with Gasteiger partial charge in [-0.15, -0.1) is 0 Å². The van der Waals surface area contributed by atoms with Crippen LogP contribution in [0.1, 0.15) is 11.3 Å². The van der Waals surface area contributed by atoms with Crippen molar-refractivity contribution in [1.82, 2.24) is 24.2 Å². The second kappa shape index (κ2) is 8.86. The summed E-state index contributed by atoms with van der Waals surface area (Å²) in [5, 5.41) is 11.2. The minimum absolute atomic E-state index is 0.167. The van der Waals surface area contributed by atoms with Crippen molar-refractivity contribution in [2.24, 2.45) is 0 Å². The molecule has 1 saturated heterocycles. The zero-order valence-corrected chi connectivity index (χ0v) is 19.8. The zero-order valence-electron chi connectivity index (χ0n) is 19.8. The molecule has 0 spiro atoms. The highest BCUT2D eigenvalue weighted by atomic mass is 19.1. The molecular weight excluding hydrogens is 458 g/mol. The maximum Gasteiger partial charge on any atom is 0.156 e. The number of para-hydroxylation sites is 1. The molecule has 180 valence electrons. The predicted molar refractivity (Wildman–Crippen MR) is 135 cm³/mol. The molecule has 0 aliphatic carbocycles. The van der Waals surface area contributed by atoms with Gasteiger partial charge in [-0.2, -0.15) is 5.26 Å². The van der Waals surface area contributed by atoms with Gasteiger partial charge in [0.15, 0.2) is 5.65 Å². The van der Waals surface area contributed by atoms with Crippen molar-refractivity contribution in [3.63, 3.8) is 0 Å². The number of H-pyrrole nitrogens is 1. The van der Waals surface area contributed by atoms with Crippen LogP contribution in [0.15, 0.2) is 60.9 Å². The number of rotatable bonds is 4. The van der Waals surface area contributed by atoms with Gasteiger partial charge < -0.3 is 9.88 Å². The number of nitrogens with zero attached hydrogens (tertiary/aromatic N) is 5. The first-order valence-corrected chi connectivity index (χ1v) is 11.9. The van der Waals surface area contributed by atoms with E-state index in [2.05, 4.69) is 27.9 Å². The Bertz CT molecular complexity index is 1640. The number of imidazole rings is 1. The van der Waals surface area contributed by atoms with Crippen LogP contribution in [0.5, 0.6) is 0 Å². The summed E-state index contributed by atoms with van der Waals surface area (Å²) in [6, 6.07) is 15.4. The molecule has 5 aromatic rings. The third-order valence-electron chi connectivity index (χ3n) is 6.97. The van der Waals surface area contributed by atoms with E-state index in [1.807, 2.05) is 41.1 Å². The fourth-order valence-corrected chi connectivity index (χ4v) is 5.02. The highest BCUT2D eigenvalue weighted by Crippen LogP contribution is 2.36. The number of nitriles is 1. The third kappa shape index (κ3) is 3.83. The predicted octanol–water partition coefficient (Wildman–Crippen LogP) is 5.05. The van der Waals surface area contributed by atoms with Crippen molar-refractivity contribution >= 4 is 16.6 Å². The van der Waals surface area contributed by atoms with Gasteiger partial charge in [0.1, 0.15) is 23.3 Å². The second-order valence-corrected chi connectivity index (χ2v) is 9.31.